The molecular formula is C17H13FN2O. The van der Waals surface area contributed by atoms with E-state index in [4.69, 9.17) is 15.4 Å². The van der Waals surface area contributed by atoms with Crippen molar-refractivity contribution >= 4 is 11.0 Å². The van der Waals surface area contributed by atoms with Crippen LogP contribution in [-0.4, -0.2) is 0 Å². The number of aryl methyl sites for hydroxylation is 1. The Bertz CT molecular complexity index is 861. The number of furan rings is 1. The Balaban J connectivity index is 2.11. The van der Waals surface area contributed by atoms with Crippen LogP contribution in [0.1, 0.15) is 28.5 Å². The summed E-state index contributed by atoms with van der Waals surface area (Å²) in [6.45, 7) is 1.90. The zero-order valence-corrected chi connectivity index (χ0v) is 11.4. The fraction of sp³-hybridized carbons (Fsp3) is 0.118. The van der Waals surface area contributed by atoms with Gasteiger partial charge in [-0.15, -0.1) is 0 Å². The zero-order chi connectivity index (χ0) is 15.0. The topological polar surface area (TPSA) is 63.0 Å². The molecule has 104 valence electrons. The Morgan fingerprint density at radius 1 is 1.24 bits per heavy atom. The van der Waals surface area contributed by atoms with Crippen molar-refractivity contribution in [3.05, 3.63) is 70.7 Å². The van der Waals surface area contributed by atoms with Crippen LogP contribution < -0.4 is 5.73 Å². The molecule has 4 heteroatoms. The maximum atomic E-state index is 13.3. The van der Waals surface area contributed by atoms with E-state index >= 15 is 0 Å². The molecule has 3 aromatic rings. The highest BCUT2D eigenvalue weighted by molar-refractivity contribution is 5.82. The summed E-state index contributed by atoms with van der Waals surface area (Å²) in [5.74, 6) is 0.244. The third kappa shape index (κ3) is 2.28. The molecule has 1 heterocycles. The molecule has 0 amide bonds. The number of benzene rings is 2. The van der Waals surface area contributed by atoms with Gasteiger partial charge in [-0.25, -0.2) is 4.39 Å². The minimum atomic E-state index is -0.492. The summed E-state index contributed by atoms with van der Waals surface area (Å²) in [6, 6.07) is 13.1. The largest absolute Gasteiger partial charge is 0.459 e. The number of hydrogen-bond acceptors (Lipinski definition) is 3. The number of rotatable bonds is 2. The van der Waals surface area contributed by atoms with Gasteiger partial charge >= 0.3 is 0 Å². The van der Waals surface area contributed by atoms with Gasteiger partial charge in [0.1, 0.15) is 17.2 Å². The molecule has 0 aliphatic heterocycles. The van der Waals surface area contributed by atoms with Crippen molar-refractivity contribution in [2.75, 3.05) is 0 Å². The SMILES string of the molecule is Cc1c(C(N)c2cccc(C#N)c2)oc2cc(F)ccc12. The van der Waals surface area contributed by atoms with Gasteiger partial charge in [0.15, 0.2) is 0 Å². The van der Waals surface area contributed by atoms with E-state index in [1.807, 2.05) is 13.0 Å². The van der Waals surface area contributed by atoms with Crippen molar-refractivity contribution in [1.29, 1.82) is 5.26 Å². The number of nitrogens with zero attached hydrogens (tertiary/aromatic N) is 1. The fourth-order valence-electron chi connectivity index (χ4n) is 2.47. The first kappa shape index (κ1) is 13.3. The fourth-order valence-corrected chi connectivity index (χ4v) is 2.47. The maximum Gasteiger partial charge on any atom is 0.137 e. The Morgan fingerprint density at radius 3 is 2.81 bits per heavy atom. The van der Waals surface area contributed by atoms with Crippen LogP contribution in [-0.2, 0) is 0 Å². The number of halogens is 1. The number of fused-ring (bicyclic) bond motifs is 1. The normalized spacial score (nSPS) is 12.3. The van der Waals surface area contributed by atoms with Gasteiger partial charge in [0, 0.05) is 17.0 Å². The van der Waals surface area contributed by atoms with Crippen LogP contribution in [0.15, 0.2) is 46.9 Å². The van der Waals surface area contributed by atoms with Gasteiger partial charge in [-0.1, -0.05) is 12.1 Å². The van der Waals surface area contributed by atoms with E-state index in [-0.39, 0.29) is 5.82 Å². The molecule has 0 bridgehead atoms. The van der Waals surface area contributed by atoms with E-state index in [2.05, 4.69) is 6.07 Å². The Labute approximate surface area is 121 Å². The molecule has 1 aromatic heterocycles. The molecule has 2 N–H and O–H groups in total. The first-order valence-corrected chi connectivity index (χ1v) is 6.54. The average molecular weight is 280 g/mol. The lowest BCUT2D eigenvalue weighted by Crippen LogP contribution is -2.12. The number of nitriles is 1. The molecule has 1 atom stereocenters. The molecule has 21 heavy (non-hydrogen) atoms. The molecule has 0 fully saturated rings. The zero-order valence-electron chi connectivity index (χ0n) is 11.4. The van der Waals surface area contributed by atoms with E-state index in [1.54, 1.807) is 24.3 Å². The van der Waals surface area contributed by atoms with Crippen LogP contribution in [0.25, 0.3) is 11.0 Å². The quantitative estimate of drug-likeness (QED) is 0.776. The van der Waals surface area contributed by atoms with Gasteiger partial charge in [-0.3, -0.25) is 0 Å². The molecule has 0 radical (unpaired) electrons. The van der Waals surface area contributed by atoms with Crippen LogP contribution in [0.5, 0.6) is 0 Å². The van der Waals surface area contributed by atoms with E-state index in [0.29, 0.717) is 16.9 Å². The monoisotopic (exact) mass is 280 g/mol. The smallest absolute Gasteiger partial charge is 0.137 e. The number of nitrogens with two attached hydrogens (primary N) is 1. The van der Waals surface area contributed by atoms with Crippen molar-refractivity contribution in [3.8, 4) is 6.07 Å². The maximum absolute atomic E-state index is 13.3. The third-order valence-electron chi connectivity index (χ3n) is 3.59. The van der Waals surface area contributed by atoms with E-state index in [1.165, 1.54) is 12.1 Å². The molecular weight excluding hydrogens is 267 g/mol. The van der Waals surface area contributed by atoms with Crippen molar-refractivity contribution in [1.82, 2.24) is 0 Å². The lowest BCUT2D eigenvalue weighted by molar-refractivity contribution is 0.518. The Kier molecular flexibility index (Phi) is 3.20. The first-order chi connectivity index (χ1) is 10.1. The van der Waals surface area contributed by atoms with Crippen LogP contribution in [0.4, 0.5) is 4.39 Å². The molecule has 0 saturated carbocycles. The van der Waals surface area contributed by atoms with Crippen molar-refractivity contribution in [2.24, 2.45) is 5.73 Å². The van der Waals surface area contributed by atoms with Crippen molar-refractivity contribution in [3.63, 3.8) is 0 Å². The second-order valence-electron chi connectivity index (χ2n) is 4.95. The van der Waals surface area contributed by atoms with E-state index in [9.17, 15) is 4.39 Å². The summed E-state index contributed by atoms with van der Waals surface area (Å²) in [5.41, 5.74) is 8.95. The van der Waals surface area contributed by atoms with Crippen LogP contribution in [0.2, 0.25) is 0 Å². The van der Waals surface area contributed by atoms with Crippen molar-refractivity contribution < 1.29 is 8.81 Å². The highest BCUT2D eigenvalue weighted by atomic mass is 19.1. The first-order valence-electron chi connectivity index (χ1n) is 6.54. The lowest BCUT2D eigenvalue weighted by Gasteiger charge is -2.10. The standard InChI is InChI=1S/C17H13FN2O/c1-10-14-6-5-13(18)8-15(14)21-17(10)16(20)12-4-2-3-11(7-12)9-19/h2-8,16H,20H2,1H3. The molecule has 2 aromatic carbocycles. The number of hydrogen-bond donors (Lipinski definition) is 1. The second-order valence-corrected chi connectivity index (χ2v) is 4.95. The second kappa shape index (κ2) is 5.04. The van der Waals surface area contributed by atoms with Crippen LogP contribution >= 0.6 is 0 Å². The van der Waals surface area contributed by atoms with Gasteiger partial charge in [-0.05, 0) is 36.8 Å². The highest BCUT2D eigenvalue weighted by Gasteiger charge is 2.19. The van der Waals surface area contributed by atoms with Gasteiger partial charge in [0.2, 0.25) is 0 Å². The molecule has 1 unspecified atom stereocenters. The minimum Gasteiger partial charge on any atom is -0.459 e. The predicted octanol–water partition coefficient (Wildman–Crippen LogP) is 3.80. The molecule has 0 aliphatic rings. The molecule has 3 rings (SSSR count). The van der Waals surface area contributed by atoms with E-state index < -0.39 is 6.04 Å². The molecule has 3 nitrogen and oxygen atoms in total. The average Bonchev–Trinajstić information content (AvgIpc) is 2.83. The highest BCUT2D eigenvalue weighted by Crippen LogP contribution is 2.32. The Hall–Kier alpha value is -2.64. The van der Waals surface area contributed by atoms with Gasteiger partial charge in [-0.2, -0.15) is 5.26 Å². The summed E-state index contributed by atoms with van der Waals surface area (Å²) in [4.78, 5) is 0. The summed E-state index contributed by atoms with van der Waals surface area (Å²) in [7, 11) is 0. The van der Waals surface area contributed by atoms with E-state index in [0.717, 1.165) is 16.5 Å². The van der Waals surface area contributed by atoms with Gasteiger partial charge < -0.3 is 10.2 Å². The molecule has 0 aliphatic carbocycles. The predicted molar refractivity (Wildman–Crippen MR) is 78.1 cm³/mol. The summed E-state index contributed by atoms with van der Waals surface area (Å²) < 4.78 is 19.0. The summed E-state index contributed by atoms with van der Waals surface area (Å²) in [6.07, 6.45) is 0. The third-order valence-corrected chi connectivity index (χ3v) is 3.59. The molecule has 0 saturated heterocycles. The van der Waals surface area contributed by atoms with Crippen LogP contribution in [0.3, 0.4) is 0 Å². The van der Waals surface area contributed by atoms with Gasteiger partial charge in [0.25, 0.3) is 0 Å². The summed E-state index contributed by atoms with van der Waals surface area (Å²) in [5, 5.41) is 9.80. The molecule has 0 spiro atoms. The van der Waals surface area contributed by atoms with Gasteiger partial charge in [0.05, 0.1) is 17.7 Å². The Morgan fingerprint density at radius 2 is 2.05 bits per heavy atom. The van der Waals surface area contributed by atoms with Crippen molar-refractivity contribution in [2.45, 2.75) is 13.0 Å². The summed E-state index contributed by atoms with van der Waals surface area (Å²) >= 11 is 0. The van der Waals surface area contributed by atoms with Crippen LogP contribution in [0, 0.1) is 24.1 Å². The minimum absolute atomic E-state index is 0.345. The lowest BCUT2D eigenvalue weighted by atomic mass is 10.00.